The van der Waals surface area contributed by atoms with E-state index in [1.807, 2.05) is 0 Å². The van der Waals surface area contributed by atoms with Gasteiger partial charge in [-0.15, -0.1) is 0 Å². The number of carboxylic acid groups (broad SMARTS) is 1. The molecular weight excluding hydrogens is 310 g/mol. The van der Waals surface area contributed by atoms with Crippen molar-refractivity contribution in [2.45, 2.75) is 13.0 Å². The first-order valence-corrected chi connectivity index (χ1v) is 7.48. The number of rotatable bonds is 3. The molecule has 24 heavy (non-hydrogen) atoms. The van der Waals surface area contributed by atoms with Gasteiger partial charge in [-0.25, -0.2) is 9.59 Å². The van der Waals surface area contributed by atoms with Crippen molar-refractivity contribution in [3.8, 4) is 5.75 Å². The Morgan fingerprint density at radius 2 is 2.17 bits per heavy atom. The Bertz CT molecular complexity index is 791. The highest BCUT2D eigenvalue weighted by Gasteiger charge is 2.25. The monoisotopic (exact) mass is 327 g/mol. The van der Waals surface area contributed by atoms with Crippen molar-refractivity contribution in [3.05, 3.63) is 53.3 Å². The number of benzene rings is 1. The molecule has 1 aliphatic heterocycles. The number of amides is 2. The van der Waals surface area contributed by atoms with Gasteiger partial charge in [0.25, 0.3) is 0 Å². The Morgan fingerprint density at radius 3 is 2.92 bits per heavy atom. The topological polar surface area (TPSA) is 91.8 Å². The highest BCUT2D eigenvalue weighted by molar-refractivity contribution is 5.91. The SMILES string of the molecule is COc1cccc(NC(=O)N2CCc3nccc(C(=O)O)c3C2)c1. The largest absolute Gasteiger partial charge is 0.497 e. The molecule has 0 saturated carbocycles. The lowest BCUT2D eigenvalue weighted by atomic mass is 10.0. The van der Waals surface area contributed by atoms with Crippen molar-refractivity contribution in [3.63, 3.8) is 0 Å². The molecule has 0 bridgehead atoms. The number of pyridine rings is 1. The second-order valence-corrected chi connectivity index (χ2v) is 5.42. The van der Waals surface area contributed by atoms with Crippen molar-refractivity contribution in [2.75, 3.05) is 19.0 Å². The Balaban J connectivity index is 1.77. The molecule has 0 radical (unpaired) electrons. The number of carbonyl (C=O) groups is 2. The number of carbonyl (C=O) groups excluding carboxylic acids is 1. The summed E-state index contributed by atoms with van der Waals surface area (Å²) in [5, 5.41) is 12.1. The number of anilines is 1. The van der Waals surface area contributed by atoms with Crippen LogP contribution in [0, 0.1) is 0 Å². The number of nitrogens with zero attached hydrogens (tertiary/aromatic N) is 2. The number of aromatic nitrogens is 1. The zero-order valence-electron chi connectivity index (χ0n) is 13.2. The van der Waals surface area contributed by atoms with Crippen LogP contribution in [-0.2, 0) is 13.0 Å². The van der Waals surface area contributed by atoms with E-state index < -0.39 is 5.97 Å². The predicted octanol–water partition coefficient (Wildman–Crippen LogP) is 2.38. The molecular formula is C17H17N3O4. The average Bonchev–Trinajstić information content (AvgIpc) is 2.60. The van der Waals surface area contributed by atoms with E-state index in [9.17, 15) is 14.7 Å². The molecule has 0 unspecified atom stereocenters. The van der Waals surface area contributed by atoms with Crippen LogP contribution in [0.4, 0.5) is 10.5 Å². The first-order chi connectivity index (χ1) is 11.6. The van der Waals surface area contributed by atoms with E-state index >= 15 is 0 Å². The molecule has 0 saturated heterocycles. The Morgan fingerprint density at radius 1 is 1.33 bits per heavy atom. The summed E-state index contributed by atoms with van der Waals surface area (Å²) in [6.07, 6.45) is 2.02. The summed E-state index contributed by atoms with van der Waals surface area (Å²) in [5.41, 5.74) is 2.14. The zero-order chi connectivity index (χ0) is 17.1. The summed E-state index contributed by atoms with van der Waals surface area (Å²) < 4.78 is 5.13. The van der Waals surface area contributed by atoms with E-state index in [0.29, 0.717) is 30.0 Å². The van der Waals surface area contributed by atoms with Gasteiger partial charge in [0, 0.05) is 42.2 Å². The van der Waals surface area contributed by atoms with Gasteiger partial charge in [0.1, 0.15) is 5.75 Å². The van der Waals surface area contributed by atoms with Gasteiger partial charge in [0.15, 0.2) is 0 Å². The van der Waals surface area contributed by atoms with Gasteiger partial charge in [-0.3, -0.25) is 4.98 Å². The molecule has 1 aliphatic rings. The molecule has 7 heteroatoms. The van der Waals surface area contributed by atoms with E-state index in [2.05, 4.69) is 10.3 Å². The van der Waals surface area contributed by atoms with E-state index in [4.69, 9.17) is 4.74 Å². The standard InChI is InChI=1S/C17H17N3O4/c1-24-12-4-2-3-11(9-12)19-17(23)20-8-6-15-14(10-20)13(16(21)22)5-7-18-15/h2-5,7,9H,6,8,10H2,1H3,(H,19,23)(H,21,22). The van der Waals surface area contributed by atoms with Gasteiger partial charge in [0.2, 0.25) is 0 Å². The number of aromatic carboxylic acids is 1. The lowest BCUT2D eigenvalue weighted by molar-refractivity contribution is 0.0693. The molecule has 2 aromatic rings. The third kappa shape index (κ3) is 3.15. The number of hydrogen-bond acceptors (Lipinski definition) is 4. The number of ether oxygens (including phenoxy) is 1. The molecule has 124 valence electrons. The van der Waals surface area contributed by atoms with Gasteiger partial charge in [-0.2, -0.15) is 0 Å². The highest BCUT2D eigenvalue weighted by atomic mass is 16.5. The van der Waals surface area contributed by atoms with Crippen LogP contribution in [0.5, 0.6) is 5.75 Å². The van der Waals surface area contributed by atoms with Crippen LogP contribution in [0.1, 0.15) is 21.6 Å². The summed E-state index contributed by atoms with van der Waals surface area (Å²) in [5.74, 6) is -0.363. The number of carboxylic acids is 1. The van der Waals surface area contributed by atoms with E-state index in [1.165, 1.54) is 12.3 Å². The summed E-state index contributed by atoms with van der Waals surface area (Å²) in [6.45, 7) is 0.708. The van der Waals surface area contributed by atoms with E-state index in [1.54, 1.807) is 36.3 Å². The lowest BCUT2D eigenvalue weighted by Crippen LogP contribution is -2.39. The van der Waals surface area contributed by atoms with Crippen molar-refractivity contribution < 1.29 is 19.4 Å². The Kier molecular flexibility index (Phi) is 4.33. The Labute approximate surface area is 138 Å². The maximum atomic E-state index is 12.5. The lowest BCUT2D eigenvalue weighted by Gasteiger charge is -2.29. The second kappa shape index (κ2) is 6.57. The molecule has 0 fully saturated rings. The minimum Gasteiger partial charge on any atom is -0.497 e. The summed E-state index contributed by atoms with van der Waals surface area (Å²) in [7, 11) is 1.56. The van der Waals surface area contributed by atoms with Crippen LogP contribution in [0.2, 0.25) is 0 Å². The maximum absolute atomic E-state index is 12.5. The molecule has 3 rings (SSSR count). The van der Waals surface area contributed by atoms with Gasteiger partial charge in [-0.1, -0.05) is 6.07 Å². The first kappa shape index (κ1) is 15.8. The Hall–Kier alpha value is -3.09. The quantitative estimate of drug-likeness (QED) is 0.903. The highest BCUT2D eigenvalue weighted by Crippen LogP contribution is 2.22. The van der Waals surface area contributed by atoms with Crippen LogP contribution in [0.15, 0.2) is 36.5 Å². The zero-order valence-corrected chi connectivity index (χ0v) is 13.2. The number of urea groups is 1. The van der Waals surface area contributed by atoms with Crippen molar-refractivity contribution in [1.29, 1.82) is 0 Å². The average molecular weight is 327 g/mol. The van der Waals surface area contributed by atoms with Crippen LogP contribution in [0.25, 0.3) is 0 Å². The molecule has 2 amide bonds. The molecule has 2 N–H and O–H groups in total. The minimum atomic E-state index is -1.01. The van der Waals surface area contributed by atoms with Crippen LogP contribution in [0.3, 0.4) is 0 Å². The fraction of sp³-hybridized carbons (Fsp3) is 0.235. The number of nitrogens with one attached hydrogen (secondary N) is 1. The predicted molar refractivity (Wildman–Crippen MR) is 87.3 cm³/mol. The maximum Gasteiger partial charge on any atom is 0.336 e. The molecule has 7 nitrogen and oxygen atoms in total. The third-order valence-electron chi connectivity index (χ3n) is 3.95. The third-order valence-corrected chi connectivity index (χ3v) is 3.95. The summed E-state index contributed by atoms with van der Waals surface area (Å²) in [6, 6.07) is 8.24. The molecule has 1 aromatic heterocycles. The fourth-order valence-electron chi connectivity index (χ4n) is 2.72. The van der Waals surface area contributed by atoms with Gasteiger partial charge in [0.05, 0.1) is 19.2 Å². The number of hydrogen-bond donors (Lipinski definition) is 2. The van der Waals surface area contributed by atoms with Gasteiger partial charge in [-0.05, 0) is 18.2 Å². The molecule has 1 aromatic carbocycles. The summed E-state index contributed by atoms with van der Waals surface area (Å²) >= 11 is 0. The van der Waals surface area contributed by atoms with Crippen molar-refractivity contribution >= 4 is 17.7 Å². The molecule has 0 spiro atoms. The van der Waals surface area contributed by atoms with Crippen LogP contribution in [-0.4, -0.2) is 40.6 Å². The van der Waals surface area contributed by atoms with Gasteiger partial charge >= 0.3 is 12.0 Å². The number of methoxy groups -OCH3 is 1. The van der Waals surface area contributed by atoms with Crippen molar-refractivity contribution in [1.82, 2.24) is 9.88 Å². The summed E-state index contributed by atoms with van der Waals surface area (Å²) in [4.78, 5) is 29.6. The van der Waals surface area contributed by atoms with E-state index in [0.717, 1.165) is 5.69 Å². The molecule has 0 atom stereocenters. The van der Waals surface area contributed by atoms with Crippen molar-refractivity contribution in [2.24, 2.45) is 0 Å². The van der Waals surface area contributed by atoms with Crippen LogP contribution >= 0.6 is 0 Å². The number of fused-ring (bicyclic) bond motifs is 1. The molecule has 2 heterocycles. The first-order valence-electron chi connectivity index (χ1n) is 7.48. The van der Waals surface area contributed by atoms with Crippen LogP contribution < -0.4 is 10.1 Å². The minimum absolute atomic E-state index is 0.193. The molecule has 0 aliphatic carbocycles. The normalized spacial score (nSPS) is 13.1. The van der Waals surface area contributed by atoms with E-state index in [-0.39, 0.29) is 18.1 Å². The fourth-order valence-corrected chi connectivity index (χ4v) is 2.72. The van der Waals surface area contributed by atoms with Gasteiger partial charge < -0.3 is 20.1 Å². The second-order valence-electron chi connectivity index (χ2n) is 5.42. The smallest absolute Gasteiger partial charge is 0.336 e.